The largest absolute Gasteiger partial charge is 0.458 e. The zero-order valence-electron chi connectivity index (χ0n) is 22.6. The highest BCUT2D eigenvalue weighted by molar-refractivity contribution is 5.88. The summed E-state index contributed by atoms with van der Waals surface area (Å²) >= 11 is 0. The quantitative estimate of drug-likeness (QED) is 0.464. The van der Waals surface area contributed by atoms with Crippen molar-refractivity contribution in [1.29, 1.82) is 0 Å². The number of Topliss-reactive ketones (excluding diaryl/α,β-unsaturated/α-hetero) is 1. The van der Waals surface area contributed by atoms with Crippen molar-refractivity contribution < 1.29 is 29.3 Å². The van der Waals surface area contributed by atoms with E-state index in [1.54, 1.807) is 27.0 Å². The molecule has 3 rings (SSSR count). The van der Waals surface area contributed by atoms with Gasteiger partial charge in [-0.25, -0.2) is 0 Å². The lowest BCUT2D eigenvalue weighted by Crippen LogP contribution is -2.45. The zero-order chi connectivity index (χ0) is 26.7. The molecule has 2 N–H and O–H groups in total. The Labute approximate surface area is 215 Å². The third kappa shape index (κ3) is 6.42. The predicted molar refractivity (Wildman–Crippen MR) is 138 cm³/mol. The standard InChI is InChI=1S/C29H43NO6/c1-7-29-17-22(19(3)15-21-12-8-9-14-30-21)35-25(32)16-23(31)28(5,6)27(34)20(4)26(33)18(2)11-10-13-24(29)36-29/h8-9,12,14-15,18,20,22-24,26,31,33H,7,10-11,13,16-17H2,1-6H3/t18-,20+,22-,23-,24+,26-,29-/m0/s1. The molecular formula is C29H43NO6. The molecule has 0 unspecified atom stereocenters. The number of rotatable bonds is 3. The average Bonchev–Trinajstić information content (AvgIpc) is 3.54. The lowest BCUT2D eigenvalue weighted by atomic mass is 9.73. The summed E-state index contributed by atoms with van der Waals surface area (Å²) in [6, 6.07) is 5.64. The minimum atomic E-state index is -1.24. The van der Waals surface area contributed by atoms with E-state index in [-0.39, 0.29) is 29.8 Å². The van der Waals surface area contributed by atoms with Gasteiger partial charge in [0.25, 0.3) is 0 Å². The molecule has 0 radical (unpaired) electrons. The zero-order valence-corrected chi connectivity index (χ0v) is 22.6. The third-order valence-electron chi connectivity index (χ3n) is 8.34. The number of hydrogen-bond acceptors (Lipinski definition) is 7. The average molecular weight is 502 g/mol. The van der Waals surface area contributed by atoms with Crippen molar-refractivity contribution in [3.63, 3.8) is 0 Å². The Hall–Kier alpha value is -2.09. The van der Waals surface area contributed by atoms with Crippen LogP contribution in [0.4, 0.5) is 0 Å². The fraction of sp³-hybridized carbons (Fsp3) is 0.690. The summed E-state index contributed by atoms with van der Waals surface area (Å²) in [5.74, 6) is -1.55. The van der Waals surface area contributed by atoms with Gasteiger partial charge >= 0.3 is 5.97 Å². The molecule has 1 aromatic heterocycles. The number of ether oxygens (including phenoxy) is 2. The Bertz CT molecular complexity index is 944. The number of carbonyl (C=O) groups excluding carboxylic acids is 2. The van der Waals surface area contributed by atoms with Crippen molar-refractivity contribution in [1.82, 2.24) is 4.98 Å². The van der Waals surface area contributed by atoms with Crippen LogP contribution in [0.3, 0.4) is 0 Å². The van der Waals surface area contributed by atoms with Crippen molar-refractivity contribution in [2.75, 3.05) is 0 Å². The van der Waals surface area contributed by atoms with Crippen molar-refractivity contribution in [2.24, 2.45) is 17.3 Å². The molecule has 7 atom stereocenters. The molecule has 7 nitrogen and oxygen atoms in total. The lowest BCUT2D eigenvalue weighted by Gasteiger charge is -2.34. The van der Waals surface area contributed by atoms with Gasteiger partial charge in [-0.3, -0.25) is 14.6 Å². The predicted octanol–water partition coefficient (Wildman–Crippen LogP) is 4.50. The Morgan fingerprint density at radius 2 is 1.92 bits per heavy atom. The molecule has 0 amide bonds. The number of fused-ring (bicyclic) bond motifs is 1. The smallest absolute Gasteiger partial charge is 0.309 e. The van der Waals surface area contributed by atoms with Gasteiger partial charge in [-0.05, 0) is 55.9 Å². The highest BCUT2D eigenvalue weighted by Crippen LogP contribution is 2.48. The van der Waals surface area contributed by atoms with E-state index in [0.29, 0.717) is 6.42 Å². The molecule has 3 heterocycles. The van der Waals surface area contributed by atoms with Crippen LogP contribution in [-0.4, -0.2) is 57.0 Å². The van der Waals surface area contributed by atoms with Crippen LogP contribution < -0.4 is 0 Å². The molecular weight excluding hydrogens is 458 g/mol. The minimum absolute atomic E-state index is 0.0622. The van der Waals surface area contributed by atoms with Gasteiger partial charge in [0.15, 0.2) is 0 Å². The number of epoxide rings is 1. The number of pyridine rings is 1. The molecule has 2 aliphatic heterocycles. The first kappa shape index (κ1) is 28.5. The van der Waals surface area contributed by atoms with Gasteiger partial charge in [0.2, 0.25) is 0 Å². The number of cyclic esters (lactones) is 1. The monoisotopic (exact) mass is 501 g/mol. The maximum Gasteiger partial charge on any atom is 0.309 e. The third-order valence-corrected chi connectivity index (χ3v) is 8.34. The van der Waals surface area contributed by atoms with Crippen LogP contribution in [0.5, 0.6) is 0 Å². The molecule has 0 aliphatic carbocycles. The van der Waals surface area contributed by atoms with E-state index in [9.17, 15) is 19.8 Å². The van der Waals surface area contributed by atoms with Gasteiger partial charge in [0.1, 0.15) is 11.9 Å². The van der Waals surface area contributed by atoms with E-state index in [0.717, 1.165) is 37.0 Å². The summed E-state index contributed by atoms with van der Waals surface area (Å²) in [5.41, 5.74) is 0.0372. The Kier molecular flexibility index (Phi) is 9.12. The number of nitrogens with zero attached hydrogens (tertiary/aromatic N) is 1. The van der Waals surface area contributed by atoms with Gasteiger partial charge < -0.3 is 19.7 Å². The van der Waals surface area contributed by atoms with Crippen molar-refractivity contribution in [3.05, 3.63) is 35.7 Å². The first-order chi connectivity index (χ1) is 16.9. The van der Waals surface area contributed by atoms with Crippen molar-refractivity contribution >= 4 is 17.8 Å². The first-order valence-corrected chi connectivity index (χ1v) is 13.3. The van der Waals surface area contributed by atoms with Crippen molar-refractivity contribution in [3.8, 4) is 0 Å². The van der Waals surface area contributed by atoms with E-state index < -0.39 is 35.6 Å². The molecule has 0 bridgehead atoms. The normalized spacial score (nSPS) is 36.6. The number of hydrogen-bond donors (Lipinski definition) is 2. The van der Waals surface area contributed by atoms with Crippen LogP contribution in [0, 0.1) is 17.3 Å². The summed E-state index contributed by atoms with van der Waals surface area (Å²) in [7, 11) is 0. The molecule has 0 saturated carbocycles. The molecule has 1 aromatic rings. The Balaban J connectivity index is 1.89. The maximum absolute atomic E-state index is 13.2. The molecule has 2 fully saturated rings. The molecule has 0 aromatic carbocycles. The molecule has 2 aliphatic rings. The molecule has 200 valence electrons. The van der Waals surface area contributed by atoms with Crippen molar-refractivity contribution in [2.45, 2.75) is 110 Å². The van der Waals surface area contributed by atoms with E-state index in [4.69, 9.17) is 9.47 Å². The van der Waals surface area contributed by atoms with Crippen LogP contribution in [-0.2, 0) is 19.1 Å². The number of esters is 1. The van der Waals surface area contributed by atoms with Crippen LogP contribution in [0.1, 0.15) is 85.8 Å². The number of carbonyl (C=O) groups is 2. The van der Waals surface area contributed by atoms with E-state index in [1.165, 1.54) is 0 Å². The van der Waals surface area contributed by atoms with Crippen LogP contribution >= 0.6 is 0 Å². The topological polar surface area (TPSA) is 109 Å². The van der Waals surface area contributed by atoms with Gasteiger partial charge in [-0.15, -0.1) is 0 Å². The number of aliphatic hydroxyl groups is 2. The Morgan fingerprint density at radius 3 is 2.56 bits per heavy atom. The number of aromatic nitrogens is 1. The van der Waals surface area contributed by atoms with E-state index in [2.05, 4.69) is 11.9 Å². The molecule has 36 heavy (non-hydrogen) atoms. The lowest BCUT2D eigenvalue weighted by molar-refractivity contribution is -0.154. The van der Waals surface area contributed by atoms with E-state index in [1.807, 2.05) is 38.1 Å². The van der Waals surface area contributed by atoms with Crippen LogP contribution in [0.2, 0.25) is 0 Å². The van der Waals surface area contributed by atoms with Crippen LogP contribution in [0.25, 0.3) is 6.08 Å². The summed E-state index contributed by atoms with van der Waals surface area (Å²) in [6.45, 7) is 10.9. The maximum atomic E-state index is 13.2. The van der Waals surface area contributed by atoms with Gasteiger partial charge in [-0.2, -0.15) is 0 Å². The van der Waals surface area contributed by atoms with Gasteiger partial charge in [0.05, 0.1) is 41.4 Å². The summed E-state index contributed by atoms with van der Waals surface area (Å²) in [5, 5.41) is 21.8. The number of aliphatic hydroxyl groups excluding tert-OH is 2. The van der Waals surface area contributed by atoms with Gasteiger partial charge in [-0.1, -0.05) is 47.1 Å². The second-order valence-electron chi connectivity index (χ2n) is 11.3. The molecule has 0 spiro atoms. The number of ketones is 1. The molecule has 2 saturated heterocycles. The SMILES string of the molecule is CC[C@]12C[C@@H](C(C)=Cc3ccccn3)OC(=O)C[C@H](O)C(C)(C)C(=O)[C@H](C)[C@@H](O)[C@@H](C)CCC[C@H]1O2. The Morgan fingerprint density at radius 1 is 1.19 bits per heavy atom. The van der Waals surface area contributed by atoms with E-state index >= 15 is 0 Å². The van der Waals surface area contributed by atoms with Gasteiger partial charge in [0, 0.05) is 18.5 Å². The second kappa shape index (κ2) is 11.5. The fourth-order valence-electron chi connectivity index (χ4n) is 5.42. The summed E-state index contributed by atoms with van der Waals surface area (Å²) < 4.78 is 12.1. The first-order valence-electron chi connectivity index (χ1n) is 13.3. The second-order valence-corrected chi connectivity index (χ2v) is 11.3. The summed E-state index contributed by atoms with van der Waals surface area (Å²) in [4.78, 5) is 30.6. The highest BCUT2D eigenvalue weighted by atomic mass is 16.6. The fourth-order valence-corrected chi connectivity index (χ4v) is 5.42. The summed E-state index contributed by atoms with van der Waals surface area (Å²) in [6.07, 6.45) is 4.58. The van der Waals surface area contributed by atoms with Crippen LogP contribution in [0.15, 0.2) is 30.0 Å². The molecule has 7 heteroatoms. The minimum Gasteiger partial charge on any atom is -0.458 e. The highest BCUT2D eigenvalue weighted by Gasteiger charge is 2.55.